The molecule has 1 aromatic carbocycles. The topological polar surface area (TPSA) is 99.0 Å². The standard InChI is InChI=1S/C18H20N2O6/c21-17(12-1-2-15-16(9-12)26-8-7-25-15)11-3-5-19(6-4-11)18(22)13-10-14(13)20(23)24/h1-2,9,11,13-14H,3-8,10H2/t13-,14-/m1/s1. The lowest BCUT2D eigenvalue weighted by atomic mass is 9.88. The van der Waals surface area contributed by atoms with Crippen LogP contribution in [-0.4, -0.2) is 53.9 Å². The second kappa shape index (κ2) is 6.59. The van der Waals surface area contributed by atoms with Gasteiger partial charge in [0.05, 0.1) is 0 Å². The van der Waals surface area contributed by atoms with E-state index in [0.29, 0.717) is 62.6 Å². The minimum Gasteiger partial charge on any atom is -0.486 e. The molecular formula is C18H20N2O6. The molecule has 0 radical (unpaired) electrons. The summed E-state index contributed by atoms with van der Waals surface area (Å²) in [6, 6.07) is 4.50. The third-order valence-electron chi connectivity index (χ3n) is 5.35. The zero-order valence-corrected chi connectivity index (χ0v) is 14.3. The van der Waals surface area contributed by atoms with Crippen LogP contribution in [0.3, 0.4) is 0 Å². The highest BCUT2D eigenvalue weighted by molar-refractivity contribution is 5.98. The van der Waals surface area contributed by atoms with Crippen LogP contribution in [0.1, 0.15) is 29.6 Å². The van der Waals surface area contributed by atoms with Gasteiger partial charge in [-0.3, -0.25) is 19.7 Å². The Morgan fingerprint density at radius 1 is 1.12 bits per heavy atom. The Hall–Kier alpha value is -2.64. The summed E-state index contributed by atoms with van der Waals surface area (Å²) >= 11 is 0. The van der Waals surface area contributed by atoms with E-state index in [1.54, 1.807) is 23.1 Å². The number of benzene rings is 1. The molecule has 8 heteroatoms. The molecule has 2 aliphatic heterocycles. The van der Waals surface area contributed by atoms with E-state index in [4.69, 9.17) is 9.47 Å². The summed E-state index contributed by atoms with van der Waals surface area (Å²) in [5.74, 6) is 0.523. The molecule has 1 amide bonds. The second-order valence-corrected chi connectivity index (χ2v) is 7.02. The molecule has 2 fully saturated rings. The average Bonchev–Trinajstić information content (AvgIpc) is 3.48. The van der Waals surface area contributed by atoms with Crippen LogP contribution < -0.4 is 9.47 Å². The van der Waals surface area contributed by atoms with Gasteiger partial charge in [0.1, 0.15) is 19.1 Å². The van der Waals surface area contributed by atoms with Crippen molar-refractivity contribution in [1.82, 2.24) is 4.90 Å². The zero-order chi connectivity index (χ0) is 18.3. The van der Waals surface area contributed by atoms with Gasteiger partial charge in [-0.05, 0) is 31.0 Å². The van der Waals surface area contributed by atoms with Crippen molar-refractivity contribution < 1.29 is 24.0 Å². The predicted molar refractivity (Wildman–Crippen MR) is 90.0 cm³/mol. The Balaban J connectivity index is 1.35. The van der Waals surface area contributed by atoms with Crippen LogP contribution in [0.15, 0.2) is 18.2 Å². The van der Waals surface area contributed by atoms with Crippen molar-refractivity contribution in [2.75, 3.05) is 26.3 Å². The Bertz CT molecular complexity index is 756. The summed E-state index contributed by atoms with van der Waals surface area (Å²) < 4.78 is 11.0. The summed E-state index contributed by atoms with van der Waals surface area (Å²) in [5, 5.41) is 10.7. The number of Topliss-reactive ketones (excluding diaryl/α,β-unsaturated/α-hetero) is 1. The van der Waals surface area contributed by atoms with Crippen LogP contribution in [-0.2, 0) is 4.79 Å². The average molecular weight is 360 g/mol. The molecule has 4 rings (SSSR count). The first-order chi connectivity index (χ1) is 12.5. The molecule has 138 valence electrons. The highest BCUT2D eigenvalue weighted by atomic mass is 16.6. The lowest BCUT2D eigenvalue weighted by Gasteiger charge is -2.31. The fourth-order valence-electron chi connectivity index (χ4n) is 3.71. The number of nitrogens with zero attached hydrogens (tertiary/aromatic N) is 2. The number of carbonyl (C=O) groups excluding carboxylic acids is 2. The number of piperidine rings is 1. The molecular weight excluding hydrogens is 340 g/mol. The molecule has 0 bridgehead atoms. The molecule has 0 aromatic heterocycles. The minimum atomic E-state index is -0.723. The van der Waals surface area contributed by atoms with Gasteiger partial charge in [-0.2, -0.15) is 0 Å². The Morgan fingerprint density at radius 2 is 1.81 bits per heavy atom. The van der Waals surface area contributed by atoms with Crippen LogP contribution >= 0.6 is 0 Å². The lowest BCUT2D eigenvalue weighted by Crippen LogP contribution is -2.41. The van der Waals surface area contributed by atoms with Crippen LogP contribution in [0, 0.1) is 22.0 Å². The van der Waals surface area contributed by atoms with E-state index in [9.17, 15) is 19.7 Å². The van der Waals surface area contributed by atoms with Crippen LogP contribution in [0.25, 0.3) is 0 Å². The van der Waals surface area contributed by atoms with Crippen molar-refractivity contribution in [2.45, 2.75) is 25.3 Å². The number of rotatable bonds is 4. The quantitative estimate of drug-likeness (QED) is 0.459. The summed E-state index contributed by atoms with van der Waals surface area (Å²) in [4.78, 5) is 37.1. The van der Waals surface area contributed by atoms with Gasteiger partial charge in [0.15, 0.2) is 17.3 Å². The first kappa shape index (κ1) is 16.8. The molecule has 2 atom stereocenters. The molecule has 1 saturated carbocycles. The van der Waals surface area contributed by atoms with E-state index in [0.717, 1.165) is 0 Å². The third-order valence-corrected chi connectivity index (χ3v) is 5.35. The van der Waals surface area contributed by atoms with E-state index in [1.807, 2.05) is 0 Å². The van der Waals surface area contributed by atoms with Crippen LogP contribution in [0.2, 0.25) is 0 Å². The maximum atomic E-state index is 12.8. The maximum Gasteiger partial charge on any atom is 0.232 e. The second-order valence-electron chi connectivity index (χ2n) is 7.02. The fraction of sp³-hybridized carbons (Fsp3) is 0.556. The van der Waals surface area contributed by atoms with Gasteiger partial charge in [-0.15, -0.1) is 0 Å². The SMILES string of the molecule is O=C(c1ccc2c(c1)OCCO2)C1CCN(C(=O)[C@@H]2C[C@H]2[N+](=O)[O-])CC1. The van der Waals surface area contributed by atoms with Crippen molar-refractivity contribution >= 4 is 11.7 Å². The molecule has 2 heterocycles. The highest BCUT2D eigenvalue weighted by Crippen LogP contribution is 2.36. The Kier molecular flexibility index (Phi) is 4.26. The monoisotopic (exact) mass is 360 g/mol. The van der Waals surface area contributed by atoms with Crippen molar-refractivity contribution in [3.05, 3.63) is 33.9 Å². The number of ketones is 1. The Labute approximate surface area is 150 Å². The number of amides is 1. The molecule has 26 heavy (non-hydrogen) atoms. The lowest BCUT2D eigenvalue weighted by molar-refractivity contribution is -0.497. The molecule has 1 saturated heterocycles. The van der Waals surface area contributed by atoms with Gasteiger partial charge in [0.2, 0.25) is 11.9 Å². The van der Waals surface area contributed by atoms with Crippen molar-refractivity contribution in [3.8, 4) is 11.5 Å². The van der Waals surface area contributed by atoms with E-state index in [1.165, 1.54) is 0 Å². The number of ether oxygens (including phenoxy) is 2. The number of fused-ring (bicyclic) bond motifs is 1. The van der Waals surface area contributed by atoms with Crippen molar-refractivity contribution in [3.63, 3.8) is 0 Å². The molecule has 1 aromatic rings. The summed E-state index contributed by atoms with van der Waals surface area (Å²) in [5.41, 5.74) is 0.592. The van der Waals surface area contributed by atoms with Crippen LogP contribution in [0.4, 0.5) is 0 Å². The number of hydrogen-bond acceptors (Lipinski definition) is 6. The predicted octanol–water partition coefficient (Wildman–Crippen LogP) is 1.54. The Morgan fingerprint density at radius 3 is 2.46 bits per heavy atom. The van der Waals surface area contributed by atoms with Gasteiger partial charge < -0.3 is 14.4 Å². The van der Waals surface area contributed by atoms with Crippen molar-refractivity contribution in [2.24, 2.45) is 11.8 Å². The highest BCUT2D eigenvalue weighted by Gasteiger charge is 2.54. The molecule has 8 nitrogen and oxygen atoms in total. The van der Waals surface area contributed by atoms with E-state index in [2.05, 4.69) is 0 Å². The van der Waals surface area contributed by atoms with E-state index >= 15 is 0 Å². The number of hydrogen-bond donors (Lipinski definition) is 0. The zero-order valence-electron chi connectivity index (χ0n) is 14.3. The summed E-state index contributed by atoms with van der Waals surface area (Å²) in [7, 11) is 0. The number of nitro groups is 1. The summed E-state index contributed by atoms with van der Waals surface area (Å²) in [6.45, 7) is 1.92. The number of carbonyl (C=O) groups is 2. The molecule has 0 unspecified atom stereocenters. The molecule has 1 aliphatic carbocycles. The van der Waals surface area contributed by atoms with Gasteiger partial charge in [-0.25, -0.2) is 0 Å². The van der Waals surface area contributed by atoms with Gasteiger partial charge in [0, 0.05) is 35.9 Å². The molecule has 0 spiro atoms. The molecule has 3 aliphatic rings. The fourth-order valence-corrected chi connectivity index (χ4v) is 3.71. The van der Waals surface area contributed by atoms with Crippen LogP contribution in [0.5, 0.6) is 11.5 Å². The largest absolute Gasteiger partial charge is 0.486 e. The normalized spacial score (nSPS) is 24.8. The minimum absolute atomic E-state index is 0.0451. The van der Waals surface area contributed by atoms with Crippen molar-refractivity contribution in [1.29, 1.82) is 0 Å². The first-order valence-corrected chi connectivity index (χ1v) is 8.90. The van der Waals surface area contributed by atoms with E-state index in [-0.39, 0.29) is 22.5 Å². The first-order valence-electron chi connectivity index (χ1n) is 8.90. The van der Waals surface area contributed by atoms with Gasteiger partial charge >= 0.3 is 0 Å². The number of likely N-dealkylation sites (tertiary alicyclic amines) is 1. The maximum absolute atomic E-state index is 12.8. The van der Waals surface area contributed by atoms with E-state index < -0.39 is 12.0 Å². The summed E-state index contributed by atoms with van der Waals surface area (Å²) in [6.07, 6.45) is 1.49. The van der Waals surface area contributed by atoms with Gasteiger partial charge in [0.25, 0.3) is 0 Å². The van der Waals surface area contributed by atoms with Gasteiger partial charge in [-0.1, -0.05) is 0 Å². The smallest absolute Gasteiger partial charge is 0.232 e. The third kappa shape index (κ3) is 3.11. The molecule has 0 N–H and O–H groups in total.